The van der Waals surface area contributed by atoms with Crippen molar-refractivity contribution >= 4 is 0 Å². The van der Waals surface area contributed by atoms with E-state index in [1.807, 2.05) is 83.1 Å². The summed E-state index contributed by atoms with van der Waals surface area (Å²) in [7, 11) is 0. The Morgan fingerprint density at radius 1 is 0.256 bits per heavy atom. The van der Waals surface area contributed by atoms with Gasteiger partial charge < -0.3 is 0 Å². The molecular weight excluding hydrogens is 1080 g/mol. The van der Waals surface area contributed by atoms with Crippen LogP contribution in [0.15, 0.2) is 0 Å². The Kier molecular flexibility index (Phi) is 50.9. The summed E-state index contributed by atoms with van der Waals surface area (Å²) in [6.07, 6.45) is 12.8. The van der Waals surface area contributed by atoms with E-state index in [0.29, 0.717) is 30.1 Å². The molecule has 0 spiro atoms. The molecular formula is C79H165F7. The largest absolute Gasteiger partial charge is 0.244 e. The monoisotopic (exact) mass is 1250 g/mol. The van der Waals surface area contributed by atoms with E-state index in [9.17, 15) is 26.3 Å². The molecule has 0 saturated heterocycles. The Bertz CT molecular complexity index is 1490. The van der Waals surface area contributed by atoms with Crippen LogP contribution < -0.4 is 0 Å². The SMILES string of the molecule is CC(C)C(C(C)C)C(C)(F)C(C)C.CC(C)C(C)(F)C(C)C.CCC(C)(CC)C(C)(F)C(C)(CC)CC.CCC(C)(CC)C(C)(F)C(C)C.CCC(CC)C(C)(F)C(C)C.CCC(CC)C(C)(F)C(CC)CC.CCCC(C)(F)C(C(C)C)C(C)C. The fourth-order valence-corrected chi connectivity index (χ4v) is 14.2. The van der Waals surface area contributed by atoms with Gasteiger partial charge in [0.25, 0.3) is 0 Å². The first kappa shape index (κ1) is 99.1. The van der Waals surface area contributed by atoms with Crippen LogP contribution in [-0.4, -0.2) is 39.7 Å². The molecule has 530 valence electrons. The molecule has 0 aromatic rings. The second-order valence-electron chi connectivity index (χ2n) is 31.9. The van der Waals surface area contributed by atoms with Crippen molar-refractivity contribution in [1.29, 1.82) is 0 Å². The molecule has 0 aliphatic heterocycles. The predicted molar refractivity (Wildman–Crippen MR) is 380 cm³/mol. The van der Waals surface area contributed by atoms with Gasteiger partial charge in [0.05, 0.1) is 0 Å². The molecule has 0 bridgehead atoms. The van der Waals surface area contributed by atoms with Crippen molar-refractivity contribution in [3.8, 4) is 0 Å². The van der Waals surface area contributed by atoms with E-state index in [0.717, 1.165) is 83.5 Å². The average Bonchev–Trinajstić information content (AvgIpc) is 2.51. The van der Waals surface area contributed by atoms with Crippen LogP contribution in [0.3, 0.4) is 0 Å². The van der Waals surface area contributed by atoms with Crippen LogP contribution in [0.25, 0.3) is 0 Å². The van der Waals surface area contributed by atoms with Gasteiger partial charge in [0.15, 0.2) is 0 Å². The van der Waals surface area contributed by atoms with Crippen molar-refractivity contribution in [2.75, 3.05) is 0 Å². The molecule has 0 nitrogen and oxygen atoms in total. The van der Waals surface area contributed by atoms with Gasteiger partial charge in [0.2, 0.25) is 0 Å². The number of hydrogen-bond acceptors (Lipinski definition) is 0. The highest BCUT2D eigenvalue weighted by molar-refractivity contribution is 5.02. The maximum Gasteiger partial charge on any atom is 0.118 e. The molecule has 7 heteroatoms. The Morgan fingerprint density at radius 3 is 0.593 bits per heavy atom. The summed E-state index contributed by atoms with van der Waals surface area (Å²) in [6.45, 7) is 82.0. The minimum atomic E-state index is -1.09. The van der Waals surface area contributed by atoms with Gasteiger partial charge in [-0.3, -0.25) is 0 Å². The van der Waals surface area contributed by atoms with E-state index >= 15 is 4.39 Å². The molecule has 0 N–H and O–H groups in total. The Morgan fingerprint density at radius 2 is 0.477 bits per heavy atom. The van der Waals surface area contributed by atoms with Crippen molar-refractivity contribution in [1.82, 2.24) is 0 Å². The normalized spacial score (nSPS) is 15.8. The quantitative estimate of drug-likeness (QED) is 0.0607. The lowest BCUT2D eigenvalue weighted by atomic mass is 9.57. The maximum atomic E-state index is 15.2. The molecule has 0 aliphatic carbocycles. The van der Waals surface area contributed by atoms with Gasteiger partial charge in [-0.15, -0.1) is 0 Å². The Hall–Kier alpha value is -0.490. The standard InChI is InChI=1S/C14H29F.3C12H25F.C11H23F.C10H21F.C8H17F/c1-8-12(5,9-2)14(7,15)13(6,10-3)11-4;1-8(2)11(9(3)4)12(7,13)10(5)6;1-7-8-12(6,13)11(9(2)3)10(4)5;1-6-10(7-2)12(5,13)11(8-3)9-4;1-7-10(5,8-2)11(6,12)9(3)4;1-6-9(7-2)10(5,11)8(3)4;1-6(2)8(5,9)7(3)4/h8-11H2,1-7H3;8-11H,1-7H3;9-11H,7-8H2,1-6H3;10-11H,6-9H2,1-5H3;9H,7-8H2,1-6H3;8-9H,6-7H2,1-5H3;6-7H,1-5H3. The van der Waals surface area contributed by atoms with Crippen molar-refractivity contribution in [2.24, 2.45) is 99.1 Å². The molecule has 4 atom stereocenters. The van der Waals surface area contributed by atoms with Crippen LogP contribution in [0.5, 0.6) is 0 Å². The zero-order valence-electron chi connectivity index (χ0n) is 66.6. The average molecular weight is 1250 g/mol. The zero-order valence-corrected chi connectivity index (χ0v) is 66.6. The molecule has 0 rings (SSSR count). The van der Waals surface area contributed by atoms with Gasteiger partial charge in [-0.2, -0.15) is 0 Å². The van der Waals surface area contributed by atoms with Gasteiger partial charge >= 0.3 is 0 Å². The van der Waals surface area contributed by atoms with E-state index in [1.54, 1.807) is 41.5 Å². The van der Waals surface area contributed by atoms with Gasteiger partial charge in [0, 0.05) is 16.2 Å². The van der Waals surface area contributed by atoms with Crippen LogP contribution in [0.2, 0.25) is 0 Å². The first-order valence-corrected chi connectivity index (χ1v) is 36.3. The van der Waals surface area contributed by atoms with Gasteiger partial charge in [0.1, 0.15) is 39.7 Å². The molecule has 0 heterocycles. The van der Waals surface area contributed by atoms with Crippen LogP contribution in [-0.2, 0) is 0 Å². The number of hydrogen-bond donors (Lipinski definition) is 0. The summed E-state index contributed by atoms with van der Waals surface area (Å²) in [5.41, 5.74) is -7.68. The highest BCUT2D eigenvalue weighted by Gasteiger charge is 2.53. The van der Waals surface area contributed by atoms with Crippen LogP contribution in [0.1, 0.15) is 374 Å². The number of alkyl halides is 7. The molecule has 0 fully saturated rings. The van der Waals surface area contributed by atoms with Gasteiger partial charge in [-0.1, -0.05) is 280 Å². The lowest BCUT2D eigenvalue weighted by molar-refractivity contribution is -0.0946. The van der Waals surface area contributed by atoms with Crippen molar-refractivity contribution < 1.29 is 30.7 Å². The third-order valence-electron chi connectivity index (χ3n) is 24.0. The van der Waals surface area contributed by atoms with Crippen LogP contribution in [0, 0.1) is 99.1 Å². The van der Waals surface area contributed by atoms with Crippen LogP contribution >= 0.6 is 0 Å². The summed E-state index contributed by atoms with van der Waals surface area (Å²) in [6, 6.07) is 0. The first-order chi connectivity index (χ1) is 38.5. The second-order valence-corrected chi connectivity index (χ2v) is 31.9. The van der Waals surface area contributed by atoms with E-state index < -0.39 is 39.7 Å². The molecule has 0 saturated carbocycles. The van der Waals surface area contributed by atoms with Crippen LogP contribution in [0.4, 0.5) is 30.7 Å². The molecule has 4 unspecified atom stereocenters. The zero-order chi connectivity index (χ0) is 71.0. The lowest BCUT2D eigenvalue weighted by Gasteiger charge is -2.51. The summed E-state index contributed by atoms with van der Waals surface area (Å²) in [5.74, 6) is 3.31. The molecule has 0 aromatic carbocycles. The lowest BCUT2D eigenvalue weighted by Crippen LogP contribution is -2.51. The Balaban J connectivity index is -0.000000170. The second kappa shape index (κ2) is 44.2. The fraction of sp³-hybridized carbons (Fsp3) is 1.00. The highest BCUT2D eigenvalue weighted by atomic mass is 19.2. The molecule has 0 aromatic heterocycles. The summed E-state index contributed by atoms with van der Waals surface area (Å²) < 4.78 is 99.7. The van der Waals surface area contributed by atoms with Gasteiger partial charge in [-0.25, -0.2) is 30.7 Å². The van der Waals surface area contributed by atoms with E-state index in [2.05, 4.69) is 159 Å². The third-order valence-corrected chi connectivity index (χ3v) is 24.0. The fourth-order valence-electron chi connectivity index (χ4n) is 14.2. The molecule has 0 amide bonds. The van der Waals surface area contributed by atoms with E-state index in [4.69, 9.17) is 0 Å². The topological polar surface area (TPSA) is 0 Å². The molecule has 86 heavy (non-hydrogen) atoms. The van der Waals surface area contributed by atoms with E-state index in [-0.39, 0.29) is 75.4 Å². The number of halogens is 7. The minimum absolute atomic E-state index is 0.0994. The minimum Gasteiger partial charge on any atom is -0.244 e. The summed E-state index contributed by atoms with van der Waals surface area (Å²) in [4.78, 5) is 0. The van der Waals surface area contributed by atoms with Gasteiger partial charge in [-0.05, 0) is 176 Å². The van der Waals surface area contributed by atoms with Crippen molar-refractivity contribution in [2.45, 2.75) is 413 Å². The Labute approximate surface area is 540 Å². The third kappa shape index (κ3) is 30.5. The van der Waals surface area contributed by atoms with E-state index in [1.165, 1.54) is 0 Å². The van der Waals surface area contributed by atoms with Crippen molar-refractivity contribution in [3.63, 3.8) is 0 Å². The summed E-state index contributed by atoms with van der Waals surface area (Å²) >= 11 is 0. The highest BCUT2D eigenvalue weighted by Crippen LogP contribution is 2.54. The number of rotatable bonds is 31. The predicted octanol–water partition coefficient (Wildman–Crippen LogP) is 29.7. The molecule has 0 aliphatic rings. The molecule has 0 radical (unpaired) electrons. The maximum absolute atomic E-state index is 15.2. The van der Waals surface area contributed by atoms with Crippen molar-refractivity contribution in [3.05, 3.63) is 0 Å². The smallest absolute Gasteiger partial charge is 0.118 e. The first-order valence-electron chi connectivity index (χ1n) is 36.3. The summed E-state index contributed by atoms with van der Waals surface area (Å²) in [5, 5.41) is 0.